The summed E-state index contributed by atoms with van der Waals surface area (Å²) in [5, 5.41) is 2.67. The van der Waals surface area contributed by atoms with Crippen molar-refractivity contribution in [1.82, 2.24) is 10.2 Å². The van der Waals surface area contributed by atoms with Gasteiger partial charge in [0.25, 0.3) is 0 Å². The van der Waals surface area contributed by atoms with Crippen molar-refractivity contribution in [2.45, 2.75) is 32.9 Å². The van der Waals surface area contributed by atoms with Crippen LogP contribution in [-0.4, -0.2) is 51.0 Å². The van der Waals surface area contributed by atoms with Gasteiger partial charge in [-0.15, -0.1) is 0 Å². The molecule has 0 spiro atoms. The summed E-state index contributed by atoms with van der Waals surface area (Å²) >= 11 is 0. The number of aryl methyl sites for hydroxylation is 2. The minimum absolute atomic E-state index is 0.164. The van der Waals surface area contributed by atoms with E-state index in [4.69, 9.17) is 0 Å². The molecule has 0 aromatic heterocycles. The normalized spacial score (nSPS) is 12.0. The Morgan fingerprint density at radius 2 is 1.50 bits per heavy atom. The van der Waals surface area contributed by atoms with Crippen molar-refractivity contribution in [3.05, 3.63) is 101 Å². The second-order valence-electron chi connectivity index (χ2n) is 8.94. The molecule has 0 saturated carbocycles. The Bertz CT molecular complexity index is 1290. The van der Waals surface area contributed by atoms with Gasteiger partial charge in [0.05, 0.1) is 11.9 Å². The SMILES string of the molecule is CNC(=O)[C@H](Cc1ccccc1)N(Cc1cccc(C)c1)C(=O)CN(c1ccc(C)cc1)S(C)(=O)=O. The third kappa shape index (κ3) is 7.18. The molecule has 0 fully saturated rings. The lowest BCUT2D eigenvalue weighted by Crippen LogP contribution is -2.52. The van der Waals surface area contributed by atoms with Crippen LogP contribution in [0.15, 0.2) is 78.9 Å². The molecule has 7 nitrogen and oxygen atoms in total. The first-order chi connectivity index (χ1) is 17.1. The number of carbonyl (C=O) groups is 2. The fourth-order valence-corrected chi connectivity index (χ4v) is 4.90. The third-order valence-electron chi connectivity index (χ3n) is 5.95. The number of hydrogen-bond acceptors (Lipinski definition) is 4. The minimum atomic E-state index is -3.76. The van der Waals surface area contributed by atoms with Crippen LogP contribution in [0.4, 0.5) is 5.69 Å². The molecule has 0 bridgehead atoms. The molecule has 0 aliphatic rings. The van der Waals surface area contributed by atoms with Crippen LogP contribution >= 0.6 is 0 Å². The molecule has 190 valence electrons. The smallest absolute Gasteiger partial charge is 0.244 e. The topological polar surface area (TPSA) is 86.8 Å². The van der Waals surface area contributed by atoms with E-state index < -0.39 is 28.5 Å². The first-order valence-corrected chi connectivity index (χ1v) is 13.6. The molecule has 8 heteroatoms. The standard InChI is InChI=1S/C28H33N3O4S/c1-21-13-15-25(16-14-21)31(36(4,34)35)20-27(32)30(19-24-12-8-9-22(2)17-24)26(28(33)29-3)18-23-10-6-5-7-11-23/h5-17,26H,18-20H2,1-4H3,(H,29,33)/t26-/m0/s1. The number of sulfonamides is 1. The second-order valence-corrected chi connectivity index (χ2v) is 10.8. The van der Waals surface area contributed by atoms with Crippen LogP contribution in [0.2, 0.25) is 0 Å². The van der Waals surface area contributed by atoms with E-state index in [9.17, 15) is 18.0 Å². The molecule has 3 rings (SSSR count). The molecule has 0 unspecified atom stereocenters. The van der Waals surface area contributed by atoms with E-state index in [2.05, 4.69) is 5.32 Å². The van der Waals surface area contributed by atoms with Crippen molar-refractivity contribution in [2.24, 2.45) is 0 Å². The number of rotatable bonds is 10. The van der Waals surface area contributed by atoms with Crippen molar-refractivity contribution in [3.8, 4) is 0 Å². The van der Waals surface area contributed by atoms with Crippen LogP contribution in [-0.2, 0) is 32.6 Å². The van der Waals surface area contributed by atoms with Crippen LogP contribution in [0.5, 0.6) is 0 Å². The molecule has 1 atom stereocenters. The first-order valence-electron chi connectivity index (χ1n) is 11.7. The summed E-state index contributed by atoms with van der Waals surface area (Å²) in [6.07, 6.45) is 1.37. The monoisotopic (exact) mass is 507 g/mol. The number of carbonyl (C=O) groups excluding carboxylic acids is 2. The predicted octanol–water partition coefficient (Wildman–Crippen LogP) is 3.46. The molecule has 0 heterocycles. The molecule has 0 radical (unpaired) electrons. The van der Waals surface area contributed by atoms with Crippen LogP contribution in [0.3, 0.4) is 0 Å². The maximum Gasteiger partial charge on any atom is 0.244 e. The number of likely N-dealkylation sites (N-methyl/N-ethyl adjacent to an activating group) is 1. The zero-order valence-electron chi connectivity index (χ0n) is 21.1. The lowest BCUT2D eigenvalue weighted by molar-refractivity contribution is -0.139. The third-order valence-corrected chi connectivity index (χ3v) is 7.09. The molecule has 36 heavy (non-hydrogen) atoms. The Labute approximate surface area is 213 Å². The highest BCUT2D eigenvalue weighted by Crippen LogP contribution is 2.21. The number of amides is 2. The van der Waals surface area contributed by atoms with Gasteiger partial charge in [-0.25, -0.2) is 8.42 Å². The summed E-state index contributed by atoms with van der Waals surface area (Å²) in [6.45, 7) is 3.60. The summed E-state index contributed by atoms with van der Waals surface area (Å²) in [4.78, 5) is 28.4. The number of anilines is 1. The summed E-state index contributed by atoms with van der Waals surface area (Å²) in [7, 11) is -2.23. The molecule has 0 saturated heterocycles. The van der Waals surface area contributed by atoms with E-state index >= 15 is 0 Å². The van der Waals surface area contributed by atoms with Gasteiger partial charge in [0.2, 0.25) is 21.8 Å². The van der Waals surface area contributed by atoms with Gasteiger partial charge in [0, 0.05) is 20.0 Å². The van der Waals surface area contributed by atoms with Gasteiger partial charge in [-0.3, -0.25) is 13.9 Å². The van der Waals surface area contributed by atoms with Crippen molar-refractivity contribution in [1.29, 1.82) is 0 Å². The minimum Gasteiger partial charge on any atom is -0.357 e. The Balaban J connectivity index is 2.02. The highest BCUT2D eigenvalue weighted by Gasteiger charge is 2.32. The Morgan fingerprint density at radius 3 is 2.08 bits per heavy atom. The van der Waals surface area contributed by atoms with Crippen molar-refractivity contribution < 1.29 is 18.0 Å². The highest BCUT2D eigenvalue weighted by atomic mass is 32.2. The average molecular weight is 508 g/mol. The lowest BCUT2D eigenvalue weighted by atomic mass is 10.0. The average Bonchev–Trinajstić information content (AvgIpc) is 2.84. The van der Waals surface area contributed by atoms with Crippen LogP contribution in [0.25, 0.3) is 0 Å². The Kier molecular flexibility index (Phi) is 8.88. The van der Waals surface area contributed by atoms with E-state index in [1.54, 1.807) is 24.3 Å². The molecule has 3 aromatic carbocycles. The number of nitrogens with one attached hydrogen (secondary N) is 1. The van der Waals surface area contributed by atoms with Gasteiger partial charge in [-0.2, -0.15) is 0 Å². The van der Waals surface area contributed by atoms with Crippen LogP contribution in [0.1, 0.15) is 22.3 Å². The molecule has 2 amide bonds. The quantitative estimate of drug-likeness (QED) is 0.455. The maximum atomic E-state index is 13.8. The Hall–Kier alpha value is -3.65. The summed E-state index contributed by atoms with van der Waals surface area (Å²) in [5.74, 6) is -0.784. The molecule has 3 aromatic rings. The lowest BCUT2D eigenvalue weighted by Gasteiger charge is -2.33. The predicted molar refractivity (Wildman–Crippen MR) is 143 cm³/mol. The van der Waals surface area contributed by atoms with E-state index in [1.165, 1.54) is 11.9 Å². The summed E-state index contributed by atoms with van der Waals surface area (Å²) in [5.41, 5.74) is 4.14. The number of benzene rings is 3. The van der Waals surface area contributed by atoms with Crippen LogP contribution < -0.4 is 9.62 Å². The van der Waals surface area contributed by atoms with Crippen molar-refractivity contribution in [2.75, 3.05) is 24.2 Å². The van der Waals surface area contributed by atoms with Gasteiger partial charge in [0.1, 0.15) is 12.6 Å². The van der Waals surface area contributed by atoms with Crippen LogP contribution in [0, 0.1) is 13.8 Å². The number of nitrogens with zero attached hydrogens (tertiary/aromatic N) is 2. The van der Waals surface area contributed by atoms with E-state index in [-0.39, 0.29) is 12.5 Å². The van der Waals surface area contributed by atoms with Gasteiger partial charge in [-0.1, -0.05) is 77.9 Å². The van der Waals surface area contributed by atoms with E-state index in [1.807, 2.05) is 68.4 Å². The first kappa shape index (κ1) is 26.9. The zero-order chi connectivity index (χ0) is 26.3. The second kappa shape index (κ2) is 11.9. The van der Waals surface area contributed by atoms with Crippen molar-refractivity contribution >= 4 is 27.5 Å². The fourth-order valence-electron chi connectivity index (χ4n) is 4.05. The van der Waals surface area contributed by atoms with Gasteiger partial charge < -0.3 is 10.2 Å². The van der Waals surface area contributed by atoms with E-state index in [0.717, 1.165) is 32.8 Å². The largest absolute Gasteiger partial charge is 0.357 e. The summed E-state index contributed by atoms with van der Waals surface area (Å²) in [6, 6.07) is 23.3. The van der Waals surface area contributed by atoms with E-state index in [0.29, 0.717) is 12.1 Å². The Morgan fingerprint density at radius 1 is 0.861 bits per heavy atom. The molecule has 1 N–H and O–H groups in total. The van der Waals surface area contributed by atoms with Gasteiger partial charge in [-0.05, 0) is 37.1 Å². The maximum absolute atomic E-state index is 13.8. The molecule has 0 aliphatic heterocycles. The fraction of sp³-hybridized carbons (Fsp3) is 0.286. The molecule has 0 aliphatic carbocycles. The number of hydrogen-bond donors (Lipinski definition) is 1. The molecular weight excluding hydrogens is 474 g/mol. The highest BCUT2D eigenvalue weighted by molar-refractivity contribution is 7.92. The van der Waals surface area contributed by atoms with Gasteiger partial charge in [0.15, 0.2) is 0 Å². The van der Waals surface area contributed by atoms with Gasteiger partial charge >= 0.3 is 0 Å². The summed E-state index contributed by atoms with van der Waals surface area (Å²) < 4.78 is 26.5. The zero-order valence-corrected chi connectivity index (χ0v) is 22.0. The van der Waals surface area contributed by atoms with Crippen molar-refractivity contribution in [3.63, 3.8) is 0 Å². The molecular formula is C28H33N3O4S.